The third-order valence-electron chi connectivity index (χ3n) is 13.9. The number of ether oxygens (including phenoxy) is 6. The molecule has 0 bridgehead atoms. The fourth-order valence-electron chi connectivity index (χ4n) is 8.95. The second kappa shape index (κ2) is 52.5. The van der Waals surface area contributed by atoms with E-state index in [1.807, 2.05) is 40.3 Å². The molecule has 2 N–H and O–H groups in total. The summed E-state index contributed by atoms with van der Waals surface area (Å²) < 4.78 is 33.8. The maximum Gasteiger partial charge on any atom is 0.362 e. The molecular weight excluding hydrogens is 1070 g/mol. The SMILES string of the molecule is CCCCCCCCCC(OC(=O)CCCCCCC/C=C\CC(O)C(CCCCC)OC(=O)C[N+](C)(C)CCOC(C)=O)OC(=O)CCCCCCC/C=C\CC(O)C(CCCCC)OC(=O)C[N+](C)(C)CCOC(C)=O.[Cl-].[Cl-]. The number of hydrogen-bond donors (Lipinski definition) is 2. The van der Waals surface area contributed by atoms with Gasteiger partial charge in [0.15, 0.2) is 13.1 Å². The molecule has 18 heteroatoms. The molecule has 0 fully saturated rings. The van der Waals surface area contributed by atoms with E-state index in [0.29, 0.717) is 67.0 Å². The summed E-state index contributed by atoms with van der Waals surface area (Å²) in [4.78, 5) is 73.9. The first-order valence-corrected chi connectivity index (χ1v) is 30.6. The van der Waals surface area contributed by atoms with Crippen molar-refractivity contribution < 1.29 is 101 Å². The minimum Gasteiger partial charge on any atom is -1.00 e. The van der Waals surface area contributed by atoms with Gasteiger partial charge >= 0.3 is 35.8 Å². The van der Waals surface area contributed by atoms with Crippen molar-refractivity contribution in [2.24, 2.45) is 0 Å². The van der Waals surface area contributed by atoms with Gasteiger partial charge in [0, 0.05) is 33.1 Å². The van der Waals surface area contributed by atoms with Gasteiger partial charge in [-0.25, -0.2) is 9.59 Å². The molecule has 0 aromatic heterocycles. The lowest BCUT2D eigenvalue weighted by atomic mass is 10.0. The number of carbonyl (C=O) groups excluding carboxylic acids is 6. The minimum absolute atomic E-state index is 0. The van der Waals surface area contributed by atoms with Gasteiger partial charge in [-0.3, -0.25) is 19.2 Å². The van der Waals surface area contributed by atoms with E-state index in [4.69, 9.17) is 28.4 Å². The number of carbonyl (C=O) groups is 6. The fourth-order valence-corrected chi connectivity index (χ4v) is 8.95. The third-order valence-corrected chi connectivity index (χ3v) is 13.9. The fraction of sp³-hybridized carbons (Fsp3) is 0.839. The summed E-state index contributed by atoms with van der Waals surface area (Å²) in [5, 5.41) is 22.0. The van der Waals surface area contributed by atoms with Gasteiger partial charge in [0.2, 0.25) is 6.29 Å². The Labute approximate surface area is 497 Å². The monoisotopic (exact) mass is 1180 g/mol. The second-order valence-corrected chi connectivity index (χ2v) is 22.8. The minimum atomic E-state index is -0.860. The van der Waals surface area contributed by atoms with Gasteiger partial charge < -0.3 is 72.4 Å². The summed E-state index contributed by atoms with van der Waals surface area (Å²) in [6.45, 7) is 10.7. The summed E-state index contributed by atoms with van der Waals surface area (Å²) in [7, 11) is 7.51. The van der Waals surface area contributed by atoms with Crippen molar-refractivity contribution >= 4 is 35.8 Å². The molecule has 0 spiro atoms. The topological polar surface area (TPSA) is 198 Å². The molecule has 0 radical (unpaired) electrons. The highest BCUT2D eigenvalue weighted by Gasteiger charge is 2.29. The smallest absolute Gasteiger partial charge is 0.362 e. The van der Waals surface area contributed by atoms with Crippen LogP contribution in [-0.2, 0) is 57.2 Å². The molecule has 0 aliphatic carbocycles. The summed E-state index contributed by atoms with van der Waals surface area (Å²) in [6, 6.07) is 0. The number of aliphatic hydroxyl groups is 2. The summed E-state index contributed by atoms with van der Waals surface area (Å²) in [5.41, 5.74) is 0. The number of hydrogen-bond acceptors (Lipinski definition) is 14. The van der Waals surface area contributed by atoms with Crippen LogP contribution in [0, 0.1) is 0 Å². The Kier molecular flexibility index (Phi) is 53.1. The highest BCUT2D eigenvalue weighted by molar-refractivity contribution is 5.72. The number of likely N-dealkylation sites (N-methyl/N-ethyl adjacent to an activating group) is 2. The van der Waals surface area contributed by atoms with Gasteiger partial charge in [-0.2, -0.15) is 0 Å². The van der Waals surface area contributed by atoms with Crippen molar-refractivity contribution in [1.82, 2.24) is 0 Å². The highest BCUT2D eigenvalue weighted by atomic mass is 35.5. The van der Waals surface area contributed by atoms with E-state index in [-0.39, 0.29) is 99.8 Å². The first kappa shape index (κ1) is 80.9. The highest BCUT2D eigenvalue weighted by Crippen LogP contribution is 2.20. The number of quaternary nitrogens is 2. The Bertz CT molecular complexity index is 1540. The lowest BCUT2D eigenvalue weighted by molar-refractivity contribution is -0.883. The van der Waals surface area contributed by atoms with E-state index in [1.165, 1.54) is 39.5 Å². The van der Waals surface area contributed by atoms with Crippen molar-refractivity contribution in [2.45, 2.75) is 271 Å². The van der Waals surface area contributed by atoms with E-state index < -0.39 is 30.7 Å². The molecule has 4 unspecified atom stereocenters. The van der Waals surface area contributed by atoms with Crippen LogP contribution in [0.1, 0.15) is 240 Å². The molecule has 0 amide bonds. The molecular formula is C62H114Cl2N2O14. The van der Waals surface area contributed by atoms with Crippen molar-refractivity contribution in [3.63, 3.8) is 0 Å². The average molecular weight is 1180 g/mol. The largest absolute Gasteiger partial charge is 1.00 e. The lowest BCUT2D eigenvalue weighted by Gasteiger charge is -2.30. The van der Waals surface area contributed by atoms with Crippen molar-refractivity contribution in [1.29, 1.82) is 0 Å². The summed E-state index contributed by atoms with van der Waals surface area (Å²) >= 11 is 0. The average Bonchev–Trinajstić information content (AvgIpc) is 3.35. The van der Waals surface area contributed by atoms with Gasteiger partial charge in [0.25, 0.3) is 0 Å². The maximum atomic E-state index is 12.9. The zero-order valence-corrected chi connectivity index (χ0v) is 53.0. The van der Waals surface area contributed by atoms with Gasteiger partial charge in [-0.05, 0) is 83.5 Å². The zero-order valence-electron chi connectivity index (χ0n) is 51.5. The van der Waals surface area contributed by atoms with Gasteiger partial charge in [-0.15, -0.1) is 0 Å². The van der Waals surface area contributed by atoms with Crippen LogP contribution < -0.4 is 24.8 Å². The van der Waals surface area contributed by atoms with E-state index in [1.54, 1.807) is 0 Å². The van der Waals surface area contributed by atoms with Crippen molar-refractivity contribution in [3.05, 3.63) is 24.3 Å². The van der Waals surface area contributed by atoms with Crippen LogP contribution in [0.4, 0.5) is 0 Å². The molecule has 0 saturated heterocycles. The third kappa shape index (κ3) is 50.4. The first-order valence-electron chi connectivity index (χ1n) is 30.6. The molecule has 0 rings (SSSR count). The van der Waals surface area contributed by atoms with Gasteiger partial charge in [0.1, 0.15) is 38.5 Å². The van der Waals surface area contributed by atoms with E-state index in [2.05, 4.69) is 32.9 Å². The van der Waals surface area contributed by atoms with E-state index in [9.17, 15) is 39.0 Å². The van der Waals surface area contributed by atoms with Crippen LogP contribution >= 0.6 is 0 Å². The number of nitrogens with zero attached hydrogens (tertiary/aromatic N) is 2. The van der Waals surface area contributed by atoms with Crippen LogP contribution in [0.3, 0.4) is 0 Å². The number of rotatable bonds is 52. The number of unbranched alkanes of at least 4 members (excludes halogenated alkanes) is 20. The van der Waals surface area contributed by atoms with Crippen LogP contribution in [0.5, 0.6) is 0 Å². The first-order chi connectivity index (χ1) is 37.2. The Morgan fingerprint density at radius 2 is 0.738 bits per heavy atom. The molecule has 0 aliphatic heterocycles. The second-order valence-electron chi connectivity index (χ2n) is 22.8. The number of aliphatic hydroxyl groups excluding tert-OH is 2. The van der Waals surface area contributed by atoms with Gasteiger partial charge in [0.05, 0.1) is 40.4 Å². The quantitative estimate of drug-likeness (QED) is 0.0183. The maximum absolute atomic E-state index is 12.9. The van der Waals surface area contributed by atoms with Crippen LogP contribution in [0.15, 0.2) is 24.3 Å². The Morgan fingerprint density at radius 3 is 1.11 bits per heavy atom. The molecule has 470 valence electrons. The van der Waals surface area contributed by atoms with E-state index in [0.717, 1.165) is 122 Å². The zero-order chi connectivity index (χ0) is 58.3. The van der Waals surface area contributed by atoms with Crippen molar-refractivity contribution in [3.8, 4) is 0 Å². The number of allylic oxidation sites excluding steroid dienone is 2. The van der Waals surface area contributed by atoms with Crippen LogP contribution in [-0.4, -0.2) is 153 Å². The molecule has 0 heterocycles. The number of halogens is 2. The Balaban J connectivity index is -0.0000296. The predicted molar refractivity (Wildman–Crippen MR) is 308 cm³/mol. The molecule has 4 atom stereocenters. The Morgan fingerprint density at radius 1 is 0.412 bits per heavy atom. The molecule has 80 heavy (non-hydrogen) atoms. The molecule has 0 aromatic carbocycles. The van der Waals surface area contributed by atoms with E-state index >= 15 is 0 Å². The van der Waals surface area contributed by atoms with Gasteiger partial charge in [-0.1, -0.05) is 148 Å². The lowest BCUT2D eigenvalue weighted by Crippen LogP contribution is -3.00. The summed E-state index contributed by atoms with van der Waals surface area (Å²) in [6.07, 6.45) is 31.9. The molecule has 0 aliphatic rings. The molecule has 0 saturated carbocycles. The molecule has 0 aromatic rings. The standard InChI is InChI=1S/C62H114N2O14.2ClH/c1-10-13-16-17-22-31-38-45-62(77-58(69)43-36-29-25-20-18-23-27-34-39-54(67)56(41-32-14-11-2)75-60(71)50-63(6,7)46-48-73-52(4)65)78-59(70)44-37-30-26-21-19-24-28-35-40-55(68)57(42-33-15-12-3)76-61(72)51-64(8,9)47-49-74-53(5)66;;/h27-28,34-35,54-57,62,67-68H,10-26,29-33,36-51H2,1-9H3;2*1H/q+2;;/p-2/b34-27-,35-28-;;. The van der Waals surface area contributed by atoms with Crippen LogP contribution in [0.2, 0.25) is 0 Å². The normalized spacial score (nSPS) is 13.6. The number of esters is 6. The molecule has 16 nitrogen and oxygen atoms in total. The summed E-state index contributed by atoms with van der Waals surface area (Å²) in [5.74, 6) is -2.13. The van der Waals surface area contributed by atoms with Crippen LogP contribution in [0.25, 0.3) is 0 Å². The van der Waals surface area contributed by atoms with Crippen molar-refractivity contribution in [2.75, 3.05) is 67.6 Å². The Hall–Kier alpha value is -3.28. The predicted octanol–water partition coefficient (Wildman–Crippen LogP) is 5.89.